The molecule has 0 N–H and O–H groups in total. The van der Waals surface area contributed by atoms with Gasteiger partial charge in [-0.1, -0.05) is 48.5 Å². The summed E-state index contributed by atoms with van der Waals surface area (Å²) in [5.41, 5.74) is 1.05. The second-order valence-electron chi connectivity index (χ2n) is 6.95. The molecule has 4 rings (SSSR count). The average Bonchev–Trinajstić information content (AvgIpc) is 2.82. The molecule has 4 aromatic rings. The Bertz CT molecular complexity index is 1210. The summed E-state index contributed by atoms with van der Waals surface area (Å²) in [4.78, 5) is 25.4. The predicted molar refractivity (Wildman–Crippen MR) is 121 cm³/mol. The van der Waals surface area contributed by atoms with Gasteiger partial charge in [0.1, 0.15) is 12.4 Å². The number of non-ortho nitro benzene ring substituents is 1. The van der Waals surface area contributed by atoms with Crippen LogP contribution in [0, 0.1) is 10.1 Å². The summed E-state index contributed by atoms with van der Waals surface area (Å²) >= 11 is 0. The van der Waals surface area contributed by atoms with Crippen molar-refractivity contribution in [3.05, 3.63) is 113 Å². The van der Waals surface area contributed by atoms with Crippen LogP contribution in [0.3, 0.4) is 0 Å². The lowest BCUT2D eigenvalue weighted by Crippen LogP contribution is -2.34. The number of hydrogen-bond donors (Lipinski definition) is 0. The quantitative estimate of drug-likeness (QED) is 0.298. The standard InChI is InChI=1S/C25H20N2O4/c28-25(20-11-13-22(14-12-20)27(29)30)26(16-17-31-24-8-2-1-3-9-24)23-15-10-19-6-4-5-7-21(19)18-23/h1-15,18H,16-17H2. The SMILES string of the molecule is O=C(c1ccc([N+](=O)[O-])cc1)N(CCOc1ccccc1)c1ccc2ccccc2c1. The van der Waals surface area contributed by atoms with Crippen molar-refractivity contribution in [1.29, 1.82) is 0 Å². The second-order valence-corrected chi connectivity index (χ2v) is 6.95. The molecule has 0 aliphatic carbocycles. The largest absolute Gasteiger partial charge is 0.492 e. The number of nitro benzene ring substituents is 1. The Labute approximate surface area is 179 Å². The zero-order valence-corrected chi connectivity index (χ0v) is 16.7. The lowest BCUT2D eigenvalue weighted by Gasteiger charge is -2.23. The lowest BCUT2D eigenvalue weighted by atomic mass is 10.1. The normalized spacial score (nSPS) is 10.6. The Balaban J connectivity index is 1.61. The van der Waals surface area contributed by atoms with Gasteiger partial charge in [0.15, 0.2) is 0 Å². The van der Waals surface area contributed by atoms with E-state index < -0.39 is 4.92 Å². The van der Waals surface area contributed by atoms with Crippen molar-refractivity contribution in [2.45, 2.75) is 0 Å². The first-order valence-corrected chi connectivity index (χ1v) is 9.85. The van der Waals surface area contributed by atoms with E-state index in [1.54, 1.807) is 4.90 Å². The Hall–Kier alpha value is -4.19. The van der Waals surface area contributed by atoms with E-state index in [1.165, 1.54) is 24.3 Å². The molecule has 0 heterocycles. The Morgan fingerprint density at radius 1 is 0.839 bits per heavy atom. The first kappa shape index (κ1) is 20.1. The zero-order valence-electron chi connectivity index (χ0n) is 16.7. The van der Waals surface area contributed by atoms with Gasteiger partial charge >= 0.3 is 0 Å². The van der Waals surface area contributed by atoms with Crippen LogP contribution in [0.25, 0.3) is 10.8 Å². The van der Waals surface area contributed by atoms with Gasteiger partial charge in [0.2, 0.25) is 0 Å². The molecule has 0 bridgehead atoms. The second kappa shape index (κ2) is 9.09. The number of ether oxygens (including phenoxy) is 1. The summed E-state index contributed by atoms with van der Waals surface area (Å²) in [6.07, 6.45) is 0. The van der Waals surface area contributed by atoms with Crippen LogP contribution in [0.15, 0.2) is 97.1 Å². The lowest BCUT2D eigenvalue weighted by molar-refractivity contribution is -0.384. The van der Waals surface area contributed by atoms with Crippen molar-refractivity contribution in [1.82, 2.24) is 0 Å². The van der Waals surface area contributed by atoms with Gasteiger partial charge in [0.05, 0.1) is 11.5 Å². The molecule has 0 aliphatic rings. The van der Waals surface area contributed by atoms with E-state index in [2.05, 4.69) is 0 Å². The van der Waals surface area contributed by atoms with Crippen molar-refractivity contribution in [2.75, 3.05) is 18.1 Å². The van der Waals surface area contributed by atoms with E-state index in [-0.39, 0.29) is 11.6 Å². The number of fused-ring (bicyclic) bond motifs is 1. The fourth-order valence-corrected chi connectivity index (χ4v) is 3.35. The number of para-hydroxylation sites is 1. The molecule has 0 aliphatic heterocycles. The molecular weight excluding hydrogens is 392 g/mol. The fourth-order valence-electron chi connectivity index (χ4n) is 3.35. The fraction of sp³-hybridized carbons (Fsp3) is 0.0800. The third-order valence-corrected chi connectivity index (χ3v) is 4.94. The number of carbonyl (C=O) groups excluding carboxylic acids is 1. The van der Waals surface area contributed by atoms with Gasteiger partial charge in [-0.15, -0.1) is 0 Å². The Morgan fingerprint density at radius 2 is 1.52 bits per heavy atom. The van der Waals surface area contributed by atoms with E-state index in [9.17, 15) is 14.9 Å². The third kappa shape index (κ3) is 4.70. The van der Waals surface area contributed by atoms with Crippen LogP contribution in [-0.4, -0.2) is 24.0 Å². The summed E-state index contributed by atoms with van der Waals surface area (Å²) in [6.45, 7) is 0.624. The number of anilines is 1. The van der Waals surface area contributed by atoms with Gasteiger partial charge in [-0.2, -0.15) is 0 Å². The van der Waals surface area contributed by atoms with E-state index in [1.807, 2.05) is 72.8 Å². The van der Waals surface area contributed by atoms with Crippen LogP contribution < -0.4 is 9.64 Å². The molecule has 0 radical (unpaired) electrons. The van der Waals surface area contributed by atoms with Crippen molar-refractivity contribution in [3.8, 4) is 5.75 Å². The molecule has 0 unspecified atom stereocenters. The van der Waals surface area contributed by atoms with Gasteiger partial charge < -0.3 is 9.64 Å². The summed E-state index contributed by atoms with van der Waals surface area (Å²) < 4.78 is 5.80. The van der Waals surface area contributed by atoms with Crippen molar-refractivity contribution in [2.24, 2.45) is 0 Å². The predicted octanol–water partition coefficient (Wildman–Crippen LogP) is 5.47. The molecule has 0 saturated carbocycles. The van der Waals surface area contributed by atoms with Crippen LogP contribution in [0.1, 0.15) is 10.4 Å². The van der Waals surface area contributed by atoms with Gasteiger partial charge in [-0.3, -0.25) is 14.9 Å². The zero-order chi connectivity index (χ0) is 21.6. The average molecular weight is 412 g/mol. The maximum atomic E-state index is 13.3. The molecule has 4 aromatic carbocycles. The monoisotopic (exact) mass is 412 g/mol. The van der Waals surface area contributed by atoms with E-state index in [0.717, 1.165) is 22.2 Å². The molecule has 0 atom stereocenters. The van der Waals surface area contributed by atoms with Gasteiger partial charge in [-0.05, 0) is 47.2 Å². The van der Waals surface area contributed by atoms with Gasteiger partial charge in [0, 0.05) is 23.4 Å². The first-order valence-electron chi connectivity index (χ1n) is 9.85. The van der Waals surface area contributed by atoms with Gasteiger partial charge in [-0.25, -0.2) is 0 Å². The van der Waals surface area contributed by atoms with E-state index in [0.29, 0.717) is 18.7 Å². The number of nitrogens with zero attached hydrogens (tertiary/aromatic N) is 2. The maximum absolute atomic E-state index is 13.3. The highest BCUT2D eigenvalue weighted by Gasteiger charge is 2.19. The maximum Gasteiger partial charge on any atom is 0.269 e. The Morgan fingerprint density at radius 3 is 2.23 bits per heavy atom. The van der Waals surface area contributed by atoms with Crippen molar-refractivity contribution < 1.29 is 14.5 Å². The number of hydrogen-bond acceptors (Lipinski definition) is 4. The molecule has 6 nitrogen and oxygen atoms in total. The number of nitro groups is 1. The topological polar surface area (TPSA) is 72.7 Å². The number of rotatable bonds is 7. The summed E-state index contributed by atoms with van der Waals surface area (Å²) in [5.74, 6) is 0.477. The van der Waals surface area contributed by atoms with Crippen LogP contribution in [-0.2, 0) is 0 Å². The van der Waals surface area contributed by atoms with Crippen molar-refractivity contribution >= 4 is 28.1 Å². The van der Waals surface area contributed by atoms with Crippen LogP contribution >= 0.6 is 0 Å². The van der Waals surface area contributed by atoms with E-state index >= 15 is 0 Å². The number of amides is 1. The molecule has 0 fully saturated rings. The molecule has 154 valence electrons. The molecule has 0 aromatic heterocycles. The van der Waals surface area contributed by atoms with Gasteiger partial charge in [0.25, 0.3) is 11.6 Å². The first-order chi connectivity index (χ1) is 15.1. The van der Waals surface area contributed by atoms with Crippen LogP contribution in [0.4, 0.5) is 11.4 Å². The smallest absolute Gasteiger partial charge is 0.269 e. The Kier molecular flexibility index (Phi) is 5.89. The van der Waals surface area contributed by atoms with Crippen LogP contribution in [0.5, 0.6) is 5.75 Å². The number of benzene rings is 4. The molecule has 1 amide bonds. The molecule has 0 spiro atoms. The molecular formula is C25H20N2O4. The minimum atomic E-state index is -0.483. The minimum absolute atomic E-state index is 0.0544. The number of carbonyl (C=O) groups is 1. The highest BCUT2D eigenvalue weighted by Crippen LogP contribution is 2.24. The molecule has 31 heavy (non-hydrogen) atoms. The van der Waals surface area contributed by atoms with Crippen LogP contribution in [0.2, 0.25) is 0 Å². The third-order valence-electron chi connectivity index (χ3n) is 4.94. The summed E-state index contributed by atoms with van der Waals surface area (Å²) in [5, 5.41) is 13.0. The molecule has 6 heteroatoms. The highest BCUT2D eigenvalue weighted by atomic mass is 16.6. The summed E-state index contributed by atoms with van der Waals surface area (Å²) in [7, 11) is 0. The minimum Gasteiger partial charge on any atom is -0.492 e. The highest BCUT2D eigenvalue weighted by molar-refractivity contribution is 6.07. The summed E-state index contributed by atoms with van der Waals surface area (Å²) in [6, 6.07) is 28.8. The molecule has 0 saturated heterocycles. The van der Waals surface area contributed by atoms with Crippen molar-refractivity contribution in [3.63, 3.8) is 0 Å². The van der Waals surface area contributed by atoms with E-state index in [4.69, 9.17) is 4.74 Å².